The molecule has 1 aromatic rings. The number of hydrogen-bond donors (Lipinski definition) is 1. The maximum atomic E-state index is 12.8. The molecule has 2 rings (SSSR count). The second-order valence-corrected chi connectivity index (χ2v) is 5.31. The average molecular weight is 341 g/mol. The van der Waals surface area contributed by atoms with E-state index in [4.69, 9.17) is 0 Å². The molecule has 1 aliphatic rings. The van der Waals surface area contributed by atoms with E-state index in [1.165, 1.54) is 0 Å². The van der Waals surface area contributed by atoms with Gasteiger partial charge in [-0.25, -0.2) is 5.43 Å². The predicted molar refractivity (Wildman–Crippen MR) is 66.6 cm³/mol. The number of alkyl halides is 6. The molecule has 0 unspecified atom stereocenters. The highest BCUT2D eigenvalue weighted by Gasteiger charge is 2.69. The van der Waals surface area contributed by atoms with Gasteiger partial charge in [0.05, 0.1) is 17.8 Å². The predicted octanol–water partition coefficient (Wildman–Crippen LogP) is 2.91. The van der Waals surface area contributed by atoms with Gasteiger partial charge in [-0.3, -0.25) is 14.8 Å². The van der Waals surface area contributed by atoms with Crippen molar-refractivity contribution in [2.45, 2.75) is 31.7 Å². The first-order valence-corrected chi connectivity index (χ1v) is 6.58. The van der Waals surface area contributed by atoms with Crippen molar-refractivity contribution in [2.75, 3.05) is 7.05 Å². The molecule has 1 aromatic heterocycles. The molecule has 1 aliphatic carbocycles. The van der Waals surface area contributed by atoms with Crippen LogP contribution in [0, 0.1) is 5.41 Å². The number of pyridine rings is 1. The summed E-state index contributed by atoms with van der Waals surface area (Å²) in [6, 6.07) is 1.90. The fourth-order valence-corrected chi connectivity index (χ4v) is 2.03. The van der Waals surface area contributed by atoms with Crippen LogP contribution in [0.15, 0.2) is 18.3 Å². The molecule has 1 fully saturated rings. The number of hydrazine groups is 1. The Morgan fingerprint density at radius 2 is 1.87 bits per heavy atom. The van der Waals surface area contributed by atoms with Gasteiger partial charge >= 0.3 is 12.4 Å². The molecule has 0 aliphatic heterocycles. The summed E-state index contributed by atoms with van der Waals surface area (Å²) in [5.41, 5.74) is -0.699. The van der Waals surface area contributed by atoms with E-state index in [9.17, 15) is 31.1 Å². The highest BCUT2D eigenvalue weighted by Crippen LogP contribution is 2.58. The van der Waals surface area contributed by atoms with E-state index >= 15 is 0 Å². The minimum atomic E-state index is -4.62. The number of aromatic nitrogens is 1. The molecule has 0 atom stereocenters. The van der Waals surface area contributed by atoms with Gasteiger partial charge in [-0.1, -0.05) is 0 Å². The molecule has 0 bridgehead atoms. The lowest BCUT2D eigenvalue weighted by Crippen LogP contribution is -2.48. The fraction of sp³-hybridized carbons (Fsp3) is 0.538. The first-order valence-electron chi connectivity index (χ1n) is 6.58. The van der Waals surface area contributed by atoms with Gasteiger partial charge in [-0.2, -0.15) is 26.3 Å². The Balaban J connectivity index is 1.95. The van der Waals surface area contributed by atoms with Crippen LogP contribution in [0.25, 0.3) is 0 Å². The lowest BCUT2D eigenvalue weighted by molar-refractivity contribution is -0.199. The van der Waals surface area contributed by atoms with Gasteiger partial charge in [-0.05, 0) is 25.0 Å². The van der Waals surface area contributed by atoms with E-state index in [2.05, 4.69) is 10.4 Å². The van der Waals surface area contributed by atoms with Crippen molar-refractivity contribution in [1.82, 2.24) is 15.4 Å². The Morgan fingerprint density at radius 3 is 2.26 bits per heavy atom. The molecule has 0 saturated heterocycles. The van der Waals surface area contributed by atoms with Crippen molar-refractivity contribution in [2.24, 2.45) is 5.41 Å². The van der Waals surface area contributed by atoms with Crippen LogP contribution in [-0.4, -0.2) is 29.1 Å². The number of carbonyl (C=O) groups excluding carboxylic acids is 1. The summed E-state index contributed by atoms with van der Waals surface area (Å²) in [5, 5.41) is 0.708. The highest BCUT2D eigenvalue weighted by atomic mass is 19.4. The lowest BCUT2D eigenvalue weighted by atomic mass is 10.1. The minimum Gasteiger partial charge on any atom is -0.280 e. The molecule has 4 nitrogen and oxygen atoms in total. The summed E-state index contributed by atoms with van der Waals surface area (Å²) in [4.78, 5) is 15.4. The monoisotopic (exact) mass is 341 g/mol. The zero-order chi connectivity index (χ0) is 17.5. The van der Waals surface area contributed by atoms with Crippen LogP contribution < -0.4 is 5.43 Å². The van der Waals surface area contributed by atoms with Crippen LogP contribution in [0.5, 0.6) is 0 Å². The Bertz CT molecular complexity index is 577. The van der Waals surface area contributed by atoms with Crippen LogP contribution in [0.4, 0.5) is 26.3 Å². The second kappa shape index (κ2) is 5.66. The average Bonchev–Trinajstić information content (AvgIpc) is 3.24. The molecule has 0 aromatic carbocycles. The van der Waals surface area contributed by atoms with Crippen LogP contribution in [-0.2, 0) is 17.5 Å². The summed E-state index contributed by atoms with van der Waals surface area (Å²) < 4.78 is 75.6. The van der Waals surface area contributed by atoms with Crippen LogP contribution in [0.1, 0.15) is 24.1 Å². The Labute approximate surface area is 127 Å². The van der Waals surface area contributed by atoms with Crippen molar-refractivity contribution in [3.63, 3.8) is 0 Å². The van der Waals surface area contributed by atoms with E-state index in [1.807, 2.05) is 0 Å². The second-order valence-electron chi connectivity index (χ2n) is 5.31. The normalized spacial score (nSPS) is 17.0. The molecule has 1 heterocycles. The maximum absolute atomic E-state index is 12.8. The molecule has 128 valence electrons. The van der Waals surface area contributed by atoms with Crippen LogP contribution in [0.2, 0.25) is 0 Å². The number of hydrogen-bond acceptors (Lipinski definition) is 3. The number of carbonyl (C=O) groups is 1. The fourth-order valence-electron chi connectivity index (χ4n) is 2.03. The van der Waals surface area contributed by atoms with E-state index in [0.29, 0.717) is 11.2 Å². The summed E-state index contributed by atoms with van der Waals surface area (Å²) in [6.07, 6.45) is -9.04. The number of amides is 1. The first-order chi connectivity index (χ1) is 10.5. The Hall–Kier alpha value is -1.84. The molecule has 0 radical (unpaired) electrons. The number of halogens is 6. The SMILES string of the molecule is CN(NCc1ccc(C(F)(F)F)cn1)C(=O)C1(C(F)(F)F)CC1. The van der Waals surface area contributed by atoms with Gasteiger partial charge in [0.2, 0.25) is 0 Å². The van der Waals surface area contributed by atoms with Gasteiger partial charge in [0.25, 0.3) is 5.91 Å². The molecule has 1 N–H and O–H groups in total. The third kappa shape index (κ3) is 3.57. The molecule has 1 saturated carbocycles. The minimum absolute atomic E-state index is 0.162. The van der Waals surface area contributed by atoms with Gasteiger partial charge in [-0.15, -0.1) is 0 Å². The summed E-state index contributed by atoms with van der Waals surface area (Å²) in [7, 11) is 1.14. The maximum Gasteiger partial charge on any atom is 0.417 e. The third-order valence-corrected chi connectivity index (χ3v) is 3.66. The van der Waals surface area contributed by atoms with Crippen molar-refractivity contribution in [3.05, 3.63) is 29.6 Å². The van der Waals surface area contributed by atoms with E-state index in [1.54, 1.807) is 0 Å². The molecule has 23 heavy (non-hydrogen) atoms. The topological polar surface area (TPSA) is 45.2 Å². The summed E-state index contributed by atoms with van der Waals surface area (Å²) in [6.45, 7) is -0.172. The summed E-state index contributed by atoms with van der Waals surface area (Å²) >= 11 is 0. The van der Waals surface area contributed by atoms with Gasteiger partial charge in [0.15, 0.2) is 0 Å². The van der Waals surface area contributed by atoms with Gasteiger partial charge in [0.1, 0.15) is 5.41 Å². The van der Waals surface area contributed by atoms with Crippen molar-refractivity contribution < 1.29 is 31.1 Å². The largest absolute Gasteiger partial charge is 0.417 e. The Morgan fingerprint density at radius 1 is 1.26 bits per heavy atom. The van der Waals surface area contributed by atoms with E-state index in [-0.39, 0.29) is 25.1 Å². The van der Waals surface area contributed by atoms with Crippen LogP contribution >= 0.6 is 0 Å². The van der Waals surface area contributed by atoms with Crippen molar-refractivity contribution in [3.8, 4) is 0 Å². The summed E-state index contributed by atoms with van der Waals surface area (Å²) in [5.74, 6) is -1.11. The smallest absolute Gasteiger partial charge is 0.280 e. The molecular weight excluding hydrogens is 328 g/mol. The molecule has 1 amide bonds. The van der Waals surface area contributed by atoms with Crippen molar-refractivity contribution in [1.29, 1.82) is 0 Å². The zero-order valence-electron chi connectivity index (χ0n) is 11.9. The zero-order valence-corrected chi connectivity index (χ0v) is 11.9. The molecular formula is C13H13F6N3O. The highest BCUT2D eigenvalue weighted by molar-refractivity contribution is 5.85. The van der Waals surface area contributed by atoms with E-state index < -0.39 is 29.2 Å². The molecule has 0 spiro atoms. The Kier molecular flexibility index (Phi) is 4.31. The number of rotatable bonds is 4. The standard InChI is InChI=1S/C13H13F6N3O/c1-22(10(23)11(4-5-11)13(17,18)19)21-7-9-3-2-8(6-20-9)12(14,15)16/h2-3,6,21H,4-5,7H2,1H3. The number of nitrogens with zero attached hydrogens (tertiary/aromatic N) is 2. The van der Waals surface area contributed by atoms with Gasteiger partial charge in [0, 0.05) is 13.2 Å². The lowest BCUT2D eigenvalue weighted by Gasteiger charge is -2.25. The van der Waals surface area contributed by atoms with Crippen LogP contribution in [0.3, 0.4) is 0 Å². The van der Waals surface area contributed by atoms with Crippen molar-refractivity contribution >= 4 is 5.91 Å². The quantitative estimate of drug-likeness (QED) is 0.677. The molecule has 10 heteroatoms. The third-order valence-electron chi connectivity index (χ3n) is 3.66. The van der Waals surface area contributed by atoms with E-state index in [0.717, 1.165) is 19.2 Å². The van der Waals surface area contributed by atoms with Gasteiger partial charge < -0.3 is 0 Å². The first kappa shape index (κ1) is 17.5. The number of nitrogens with one attached hydrogen (secondary N) is 1.